The Morgan fingerprint density at radius 1 is 1.38 bits per heavy atom. The van der Waals surface area contributed by atoms with Crippen LogP contribution in [-0.2, 0) is 0 Å². The summed E-state index contributed by atoms with van der Waals surface area (Å²) in [4.78, 5) is 0. The Hall–Kier alpha value is -0.820. The van der Waals surface area contributed by atoms with Crippen LogP contribution in [0.15, 0.2) is 41.4 Å². The zero-order valence-corrected chi connectivity index (χ0v) is 9.56. The lowest BCUT2D eigenvalue weighted by Crippen LogP contribution is -1.84. The molecule has 0 amide bonds. The van der Waals surface area contributed by atoms with E-state index < -0.39 is 0 Å². The molecule has 0 radical (unpaired) electrons. The van der Waals surface area contributed by atoms with Gasteiger partial charge in [0, 0.05) is 0 Å². The van der Waals surface area contributed by atoms with E-state index >= 15 is 0 Å². The lowest BCUT2D eigenvalue weighted by atomic mass is 10.0. The Morgan fingerprint density at radius 3 is 2.54 bits per heavy atom. The number of allylic oxidation sites excluding steroid dienone is 3. The van der Waals surface area contributed by atoms with E-state index in [-0.39, 0.29) is 0 Å². The Labute approximate surface area is 88.1 Å². The fraction of sp³-hybridized carbons (Fsp3) is 0.167. The summed E-state index contributed by atoms with van der Waals surface area (Å²) in [5, 5.41) is 0. The molecular weight excluding hydrogens is 224 g/mol. The first-order valence-electron chi connectivity index (χ1n) is 4.20. The van der Waals surface area contributed by atoms with Crippen LogP contribution in [0.25, 0.3) is 5.57 Å². The van der Waals surface area contributed by atoms with Crippen molar-refractivity contribution in [2.24, 2.45) is 0 Å². The van der Waals surface area contributed by atoms with E-state index in [4.69, 9.17) is 0 Å². The topological polar surface area (TPSA) is 0 Å². The van der Waals surface area contributed by atoms with Crippen molar-refractivity contribution < 1.29 is 0 Å². The second-order valence-electron chi connectivity index (χ2n) is 3.07. The zero-order chi connectivity index (χ0) is 9.84. The fourth-order valence-corrected chi connectivity index (χ4v) is 1.53. The predicted molar refractivity (Wildman–Crippen MR) is 62.9 cm³/mol. The highest BCUT2D eigenvalue weighted by Crippen LogP contribution is 2.20. The summed E-state index contributed by atoms with van der Waals surface area (Å²) in [5.41, 5.74) is 3.52. The number of hydrogen-bond acceptors (Lipinski definition) is 0. The van der Waals surface area contributed by atoms with Crippen molar-refractivity contribution in [3.8, 4) is 0 Å². The fourth-order valence-electron chi connectivity index (χ4n) is 1.25. The smallest absolute Gasteiger partial charge is 0.00745 e. The molecule has 0 unspecified atom stereocenters. The van der Waals surface area contributed by atoms with E-state index in [9.17, 15) is 0 Å². The summed E-state index contributed by atoms with van der Waals surface area (Å²) >= 11 is 3.40. The summed E-state index contributed by atoms with van der Waals surface area (Å²) < 4.78 is 1.10. The Morgan fingerprint density at radius 2 is 2.00 bits per heavy atom. The van der Waals surface area contributed by atoms with Crippen LogP contribution < -0.4 is 0 Å². The predicted octanol–water partition coefficient (Wildman–Crippen LogP) is 4.31. The second-order valence-corrected chi connectivity index (χ2v) is 4.32. The van der Waals surface area contributed by atoms with E-state index in [1.165, 1.54) is 11.1 Å². The Balaban J connectivity index is 3.03. The van der Waals surface area contributed by atoms with E-state index in [1.807, 2.05) is 25.1 Å². The van der Waals surface area contributed by atoms with Crippen LogP contribution in [0, 0.1) is 6.92 Å². The highest BCUT2D eigenvalue weighted by molar-refractivity contribution is 9.11. The van der Waals surface area contributed by atoms with Gasteiger partial charge in [0.1, 0.15) is 0 Å². The quantitative estimate of drug-likeness (QED) is 0.672. The first-order chi connectivity index (χ1) is 6.11. The standard InChI is InChI=1S/C12H13Br/c1-9-6-4-5-7-12(9)10(2)8-11(3)13/h4-8H,2H2,1,3H3/b11-8+. The second kappa shape index (κ2) is 4.43. The van der Waals surface area contributed by atoms with Gasteiger partial charge in [0.25, 0.3) is 0 Å². The summed E-state index contributed by atoms with van der Waals surface area (Å²) in [6.07, 6.45) is 2.03. The molecule has 0 nitrogen and oxygen atoms in total. The van der Waals surface area contributed by atoms with Crippen molar-refractivity contribution in [2.75, 3.05) is 0 Å². The molecule has 0 atom stereocenters. The molecule has 0 aliphatic carbocycles. The van der Waals surface area contributed by atoms with Crippen molar-refractivity contribution >= 4 is 21.5 Å². The number of hydrogen-bond donors (Lipinski definition) is 0. The number of rotatable bonds is 2. The maximum Gasteiger partial charge on any atom is -0.00745 e. The van der Waals surface area contributed by atoms with Crippen LogP contribution in [0.2, 0.25) is 0 Å². The van der Waals surface area contributed by atoms with Crippen LogP contribution in [0.3, 0.4) is 0 Å². The number of aryl methyl sites for hydroxylation is 1. The average molecular weight is 237 g/mol. The molecule has 68 valence electrons. The molecule has 0 aliphatic heterocycles. The maximum absolute atomic E-state index is 4.02. The van der Waals surface area contributed by atoms with Gasteiger partial charge >= 0.3 is 0 Å². The van der Waals surface area contributed by atoms with Gasteiger partial charge in [-0.1, -0.05) is 46.8 Å². The van der Waals surface area contributed by atoms with E-state index in [2.05, 4.69) is 41.6 Å². The molecular formula is C12H13Br. The molecule has 0 spiro atoms. The maximum atomic E-state index is 4.02. The van der Waals surface area contributed by atoms with Gasteiger partial charge in [0.05, 0.1) is 0 Å². The van der Waals surface area contributed by atoms with E-state index in [0.717, 1.165) is 10.1 Å². The highest BCUT2D eigenvalue weighted by atomic mass is 79.9. The molecule has 0 N–H and O–H groups in total. The van der Waals surface area contributed by atoms with Gasteiger partial charge in [-0.05, 0) is 41.1 Å². The van der Waals surface area contributed by atoms with Crippen LogP contribution in [0.1, 0.15) is 18.1 Å². The van der Waals surface area contributed by atoms with Gasteiger partial charge in [-0.15, -0.1) is 0 Å². The molecule has 1 heteroatoms. The minimum absolute atomic E-state index is 1.05. The van der Waals surface area contributed by atoms with Crippen molar-refractivity contribution in [1.82, 2.24) is 0 Å². The molecule has 0 fully saturated rings. The molecule has 13 heavy (non-hydrogen) atoms. The number of benzene rings is 1. The molecule has 1 rings (SSSR count). The minimum Gasteiger partial charge on any atom is -0.0911 e. The monoisotopic (exact) mass is 236 g/mol. The SMILES string of the molecule is C=C(/C=C(\C)Br)c1ccccc1C. The van der Waals surface area contributed by atoms with Gasteiger partial charge in [0.15, 0.2) is 0 Å². The number of halogens is 1. The summed E-state index contributed by atoms with van der Waals surface area (Å²) in [5.74, 6) is 0. The third-order valence-corrected chi connectivity index (χ3v) is 2.09. The summed E-state index contributed by atoms with van der Waals surface area (Å²) in [6, 6.07) is 8.25. The summed E-state index contributed by atoms with van der Waals surface area (Å²) in [6.45, 7) is 8.12. The molecule has 0 saturated heterocycles. The third-order valence-electron chi connectivity index (χ3n) is 1.86. The zero-order valence-electron chi connectivity index (χ0n) is 7.97. The van der Waals surface area contributed by atoms with Crippen LogP contribution in [0.5, 0.6) is 0 Å². The molecule has 0 bridgehead atoms. The first-order valence-corrected chi connectivity index (χ1v) is 4.99. The lowest BCUT2D eigenvalue weighted by molar-refractivity contribution is 1.43. The molecule has 0 aromatic heterocycles. The molecule has 0 aliphatic rings. The largest absolute Gasteiger partial charge is 0.0911 e. The van der Waals surface area contributed by atoms with E-state index in [1.54, 1.807) is 0 Å². The van der Waals surface area contributed by atoms with Gasteiger partial charge in [0.2, 0.25) is 0 Å². The van der Waals surface area contributed by atoms with Crippen molar-refractivity contribution in [1.29, 1.82) is 0 Å². The molecule has 1 aromatic rings. The van der Waals surface area contributed by atoms with Gasteiger partial charge in [-0.25, -0.2) is 0 Å². The van der Waals surface area contributed by atoms with Gasteiger partial charge in [-0.3, -0.25) is 0 Å². The van der Waals surface area contributed by atoms with Gasteiger partial charge < -0.3 is 0 Å². The van der Waals surface area contributed by atoms with Crippen LogP contribution in [0.4, 0.5) is 0 Å². The minimum atomic E-state index is 1.05. The van der Waals surface area contributed by atoms with Crippen molar-refractivity contribution in [3.63, 3.8) is 0 Å². The van der Waals surface area contributed by atoms with Crippen molar-refractivity contribution in [2.45, 2.75) is 13.8 Å². The van der Waals surface area contributed by atoms with E-state index in [0.29, 0.717) is 0 Å². The van der Waals surface area contributed by atoms with Crippen LogP contribution >= 0.6 is 15.9 Å². The Bertz CT molecular complexity index is 344. The first kappa shape index (κ1) is 10.3. The van der Waals surface area contributed by atoms with Crippen molar-refractivity contribution in [3.05, 3.63) is 52.5 Å². The summed E-state index contributed by atoms with van der Waals surface area (Å²) in [7, 11) is 0. The third kappa shape index (κ3) is 2.85. The highest BCUT2D eigenvalue weighted by Gasteiger charge is 1.98. The normalized spacial score (nSPS) is 11.5. The average Bonchev–Trinajstić information content (AvgIpc) is 2.03. The lowest BCUT2D eigenvalue weighted by Gasteiger charge is -2.04. The molecule has 1 aromatic carbocycles. The van der Waals surface area contributed by atoms with Crippen LogP contribution in [-0.4, -0.2) is 0 Å². The Kier molecular flexibility index (Phi) is 3.49. The van der Waals surface area contributed by atoms with Gasteiger partial charge in [-0.2, -0.15) is 0 Å². The molecule has 0 saturated carbocycles. The molecule has 0 heterocycles.